The Morgan fingerprint density at radius 1 is 0.800 bits per heavy atom. The molecule has 0 unspecified atom stereocenters. The second-order valence-electron chi connectivity index (χ2n) is 4.89. The smallest absolute Gasteiger partial charge is 0.335 e. The van der Waals surface area contributed by atoms with Crippen LogP contribution in [0.3, 0.4) is 0 Å². The zero-order valence-electron chi connectivity index (χ0n) is 11.7. The molecule has 1 N–H and O–H groups in total. The molecule has 0 aromatic heterocycles. The Hall–Kier alpha value is -2.42. The van der Waals surface area contributed by atoms with Crippen molar-refractivity contribution in [3.63, 3.8) is 0 Å². The van der Waals surface area contributed by atoms with Gasteiger partial charge in [-0.3, -0.25) is 4.79 Å². The number of rotatable bonds is 3. The van der Waals surface area contributed by atoms with E-state index in [9.17, 15) is 9.59 Å². The van der Waals surface area contributed by atoms with Crippen LogP contribution in [0.4, 0.5) is 0 Å². The van der Waals surface area contributed by atoms with Crippen molar-refractivity contribution in [3.8, 4) is 0 Å². The van der Waals surface area contributed by atoms with Crippen LogP contribution in [0.2, 0.25) is 0 Å². The maximum atomic E-state index is 12.5. The van der Waals surface area contributed by atoms with Crippen molar-refractivity contribution in [2.45, 2.75) is 20.8 Å². The number of carboxylic acids is 1. The first kappa shape index (κ1) is 14.0. The van der Waals surface area contributed by atoms with Crippen molar-refractivity contribution in [2.24, 2.45) is 0 Å². The highest BCUT2D eigenvalue weighted by atomic mass is 16.4. The molecule has 0 spiro atoms. The molecule has 3 nitrogen and oxygen atoms in total. The van der Waals surface area contributed by atoms with Gasteiger partial charge < -0.3 is 5.11 Å². The third kappa shape index (κ3) is 2.48. The standard InChI is InChI=1S/C17H16O3/c1-10-4-9-15(12(3)11(10)2)16(18)13-5-7-14(8-6-13)17(19)20/h4-9H,1-3H3,(H,19,20). The van der Waals surface area contributed by atoms with E-state index in [-0.39, 0.29) is 11.3 Å². The molecule has 0 amide bonds. The van der Waals surface area contributed by atoms with Crippen molar-refractivity contribution in [1.82, 2.24) is 0 Å². The minimum atomic E-state index is -0.994. The lowest BCUT2D eigenvalue weighted by atomic mass is 9.93. The van der Waals surface area contributed by atoms with Crippen LogP contribution in [0.1, 0.15) is 43.0 Å². The quantitative estimate of drug-likeness (QED) is 0.866. The van der Waals surface area contributed by atoms with Gasteiger partial charge in [0.05, 0.1) is 5.56 Å². The molecular formula is C17H16O3. The first-order chi connectivity index (χ1) is 9.41. The number of carbonyl (C=O) groups is 2. The Kier molecular flexibility index (Phi) is 3.70. The first-order valence-corrected chi connectivity index (χ1v) is 6.36. The summed E-state index contributed by atoms with van der Waals surface area (Å²) in [6.07, 6.45) is 0. The SMILES string of the molecule is Cc1ccc(C(=O)c2ccc(C(=O)O)cc2)c(C)c1C. The summed E-state index contributed by atoms with van der Waals surface area (Å²) in [5, 5.41) is 8.86. The predicted octanol–water partition coefficient (Wildman–Crippen LogP) is 3.54. The van der Waals surface area contributed by atoms with Crippen LogP contribution >= 0.6 is 0 Å². The van der Waals surface area contributed by atoms with Gasteiger partial charge in [0.1, 0.15) is 0 Å². The Balaban J connectivity index is 2.41. The molecule has 20 heavy (non-hydrogen) atoms. The average Bonchev–Trinajstić information content (AvgIpc) is 2.44. The maximum Gasteiger partial charge on any atom is 0.335 e. The van der Waals surface area contributed by atoms with Gasteiger partial charge in [-0.05, 0) is 49.6 Å². The van der Waals surface area contributed by atoms with E-state index in [1.807, 2.05) is 32.9 Å². The van der Waals surface area contributed by atoms with Gasteiger partial charge in [-0.15, -0.1) is 0 Å². The first-order valence-electron chi connectivity index (χ1n) is 6.36. The van der Waals surface area contributed by atoms with Gasteiger partial charge in [-0.25, -0.2) is 4.79 Å². The van der Waals surface area contributed by atoms with Gasteiger partial charge in [0, 0.05) is 11.1 Å². The van der Waals surface area contributed by atoms with Crippen LogP contribution in [0.25, 0.3) is 0 Å². The van der Waals surface area contributed by atoms with Crippen LogP contribution in [-0.4, -0.2) is 16.9 Å². The van der Waals surface area contributed by atoms with E-state index in [0.717, 1.165) is 16.7 Å². The fourth-order valence-electron chi connectivity index (χ4n) is 2.12. The summed E-state index contributed by atoms with van der Waals surface area (Å²) in [7, 11) is 0. The summed E-state index contributed by atoms with van der Waals surface area (Å²) in [6, 6.07) is 9.77. The van der Waals surface area contributed by atoms with Crippen LogP contribution < -0.4 is 0 Å². The molecule has 0 aliphatic carbocycles. The van der Waals surface area contributed by atoms with Crippen molar-refractivity contribution in [2.75, 3.05) is 0 Å². The topological polar surface area (TPSA) is 54.4 Å². The van der Waals surface area contributed by atoms with E-state index in [4.69, 9.17) is 5.11 Å². The van der Waals surface area contributed by atoms with E-state index in [1.165, 1.54) is 12.1 Å². The Morgan fingerprint density at radius 3 is 1.90 bits per heavy atom. The van der Waals surface area contributed by atoms with E-state index < -0.39 is 5.97 Å². The minimum Gasteiger partial charge on any atom is -0.478 e. The molecule has 2 aromatic carbocycles. The highest BCUT2D eigenvalue weighted by molar-refractivity contribution is 6.10. The van der Waals surface area contributed by atoms with E-state index in [1.54, 1.807) is 12.1 Å². The number of aromatic carboxylic acids is 1. The second-order valence-corrected chi connectivity index (χ2v) is 4.89. The number of carboxylic acid groups (broad SMARTS) is 1. The van der Waals surface area contributed by atoms with Gasteiger partial charge in [0.25, 0.3) is 0 Å². The summed E-state index contributed by atoms with van der Waals surface area (Å²) in [4.78, 5) is 23.3. The van der Waals surface area contributed by atoms with Crippen molar-refractivity contribution in [1.29, 1.82) is 0 Å². The van der Waals surface area contributed by atoms with Crippen LogP contribution in [-0.2, 0) is 0 Å². The number of ketones is 1. The fraction of sp³-hybridized carbons (Fsp3) is 0.176. The normalized spacial score (nSPS) is 10.3. The molecule has 3 heteroatoms. The molecule has 0 aliphatic heterocycles. The van der Waals surface area contributed by atoms with E-state index in [2.05, 4.69) is 0 Å². The largest absolute Gasteiger partial charge is 0.478 e. The Morgan fingerprint density at radius 2 is 1.35 bits per heavy atom. The lowest BCUT2D eigenvalue weighted by molar-refractivity contribution is 0.0696. The molecule has 2 aromatic rings. The molecule has 0 aliphatic rings. The average molecular weight is 268 g/mol. The van der Waals surface area contributed by atoms with Gasteiger partial charge in [0.2, 0.25) is 0 Å². The summed E-state index contributed by atoms with van der Waals surface area (Å²) >= 11 is 0. The maximum absolute atomic E-state index is 12.5. The summed E-state index contributed by atoms with van der Waals surface area (Å²) in [6.45, 7) is 5.94. The number of aryl methyl sites for hydroxylation is 1. The molecule has 0 heterocycles. The van der Waals surface area contributed by atoms with Gasteiger partial charge in [-0.2, -0.15) is 0 Å². The highest BCUT2D eigenvalue weighted by Gasteiger charge is 2.14. The van der Waals surface area contributed by atoms with Gasteiger partial charge >= 0.3 is 5.97 Å². The number of hydrogen-bond acceptors (Lipinski definition) is 2. The summed E-state index contributed by atoms with van der Waals surface area (Å²) in [5.74, 6) is -1.08. The molecule has 102 valence electrons. The molecule has 0 radical (unpaired) electrons. The molecule has 0 fully saturated rings. The molecule has 0 saturated carbocycles. The third-order valence-corrected chi connectivity index (χ3v) is 3.70. The second kappa shape index (κ2) is 5.29. The Labute approximate surface area is 117 Å². The zero-order chi connectivity index (χ0) is 14.9. The zero-order valence-corrected chi connectivity index (χ0v) is 11.7. The van der Waals surface area contributed by atoms with E-state index >= 15 is 0 Å². The van der Waals surface area contributed by atoms with Crippen LogP contribution in [0, 0.1) is 20.8 Å². The lowest BCUT2D eigenvalue weighted by Gasteiger charge is -2.10. The highest BCUT2D eigenvalue weighted by Crippen LogP contribution is 2.20. The third-order valence-electron chi connectivity index (χ3n) is 3.70. The number of carbonyl (C=O) groups excluding carboxylic acids is 1. The predicted molar refractivity (Wildman–Crippen MR) is 77.5 cm³/mol. The minimum absolute atomic E-state index is 0.0810. The molecule has 0 atom stereocenters. The van der Waals surface area contributed by atoms with E-state index in [0.29, 0.717) is 11.1 Å². The van der Waals surface area contributed by atoms with Crippen molar-refractivity contribution >= 4 is 11.8 Å². The molecule has 0 saturated heterocycles. The fourth-order valence-corrected chi connectivity index (χ4v) is 2.12. The summed E-state index contributed by atoms with van der Waals surface area (Å²) in [5.41, 5.74) is 4.58. The summed E-state index contributed by atoms with van der Waals surface area (Å²) < 4.78 is 0. The van der Waals surface area contributed by atoms with Crippen molar-refractivity contribution in [3.05, 3.63) is 69.8 Å². The molecular weight excluding hydrogens is 252 g/mol. The van der Waals surface area contributed by atoms with Gasteiger partial charge in [-0.1, -0.05) is 24.3 Å². The number of benzene rings is 2. The van der Waals surface area contributed by atoms with Crippen LogP contribution in [0.15, 0.2) is 36.4 Å². The monoisotopic (exact) mass is 268 g/mol. The number of hydrogen-bond donors (Lipinski definition) is 1. The Bertz CT molecular complexity index is 682. The van der Waals surface area contributed by atoms with Gasteiger partial charge in [0.15, 0.2) is 5.78 Å². The lowest BCUT2D eigenvalue weighted by Crippen LogP contribution is -2.06. The molecule has 0 bridgehead atoms. The van der Waals surface area contributed by atoms with Crippen molar-refractivity contribution < 1.29 is 14.7 Å². The molecule has 2 rings (SSSR count). The van der Waals surface area contributed by atoms with Crippen LogP contribution in [0.5, 0.6) is 0 Å².